The number of amides is 2. The van der Waals surface area contributed by atoms with Crippen LogP contribution in [0.5, 0.6) is 0 Å². The number of carbonyl (C=O) groups is 3. The van der Waals surface area contributed by atoms with Crippen molar-refractivity contribution in [3.63, 3.8) is 0 Å². The van der Waals surface area contributed by atoms with E-state index < -0.39 is 17.4 Å². The molecule has 2 N–H and O–H groups in total. The molecule has 0 aromatic rings. The Morgan fingerprint density at radius 1 is 1.47 bits per heavy atom. The molecule has 2 aliphatic heterocycles. The molecule has 2 atom stereocenters. The van der Waals surface area contributed by atoms with Crippen LogP contribution in [0.2, 0.25) is 0 Å². The average Bonchev–Trinajstić information content (AvgIpc) is 2.78. The summed E-state index contributed by atoms with van der Waals surface area (Å²) in [6.07, 6.45) is 0.652. The third-order valence-corrected chi connectivity index (χ3v) is 3.47. The number of carboxylic acid groups (broad SMARTS) is 1. The molecule has 2 saturated heterocycles. The molecule has 6 heteroatoms. The summed E-state index contributed by atoms with van der Waals surface area (Å²) in [5, 5.41) is 12.0. The Morgan fingerprint density at radius 2 is 2.12 bits per heavy atom. The van der Waals surface area contributed by atoms with Gasteiger partial charge in [0.15, 0.2) is 0 Å². The Hall–Kier alpha value is -1.43. The van der Waals surface area contributed by atoms with Crippen LogP contribution in [0.4, 0.5) is 0 Å². The van der Waals surface area contributed by atoms with Gasteiger partial charge in [-0.1, -0.05) is 0 Å². The predicted molar refractivity (Wildman–Crippen MR) is 58.0 cm³/mol. The highest BCUT2D eigenvalue weighted by molar-refractivity contribution is 6.07. The van der Waals surface area contributed by atoms with Crippen molar-refractivity contribution in [2.24, 2.45) is 11.3 Å². The second-order valence-electron chi connectivity index (χ2n) is 5.28. The maximum atomic E-state index is 12.0. The van der Waals surface area contributed by atoms with Crippen LogP contribution in [0.1, 0.15) is 20.3 Å². The molecule has 17 heavy (non-hydrogen) atoms. The van der Waals surface area contributed by atoms with E-state index in [1.54, 1.807) is 0 Å². The number of carboxylic acids is 1. The van der Waals surface area contributed by atoms with E-state index in [0.29, 0.717) is 13.0 Å². The monoisotopic (exact) mass is 240 g/mol. The molecular formula is C11H16N2O4. The fourth-order valence-corrected chi connectivity index (χ4v) is 2.32. The number of likely N-dealkylation sites (tertiary alicyclic amines) is 1. The highest BCUT2D eigenvalue weighted by atomic mass is 16.4. The van der Waals surface area contributed by atoms with Gasteiger partial charge in [0.2, 0.25) is 11.8 Å². The van der Waals surface area contributed by atoms with Crippen molar-refractivity contribution in [2.75, 3.05) is 13.1 Å². The maximum absolute atomic E-state index is 12.0. The molecule has 0 spiro atoms. The smallest absolute Gasteiger partial charge is 0.310 e. The van der Waals surface area contributed by atoms with Crippen LogP contribution in [-0.2, 0) is 14.4 Å². The van der Waals surface area contributed by atoms with E-state index in [1.807, 2.05) is 0 Å². The van der Waals surface area contributed by atoms with Crippen LogP contribution in [-0.4, -0.2) is 46.9 Å². The molecule has 0 aromatic carbocycles. The van der Waals surface area contributed by atoms with Crippen molar-refractivity contribution in [1.82, 2.24) is 10.2 Å². The fourth-order valence-electron chi connectivity index (χ4n) is 2.32. The zero-order chi connectivity index (χ0) is 12.8. The number of nitrogens with zero attached hydrogens (tertiary/aromatic N) is 1. The quantitative estimate of drug-likeness (QED) is 0.646. The summed E-state index contributed by atoms with van der Waals surface area (Å²) < 4.78 is 0. The molecule has 0 bridgehead atoms. The molecule has 2 amide bonds. The SMILES string of the molecule is CC(C)(CN1C(=O)C2CCNC2C1=O)C(=O)O. The van der Waals surface area contributed by atoms with Gasteiger partial charge in [-0.2, -0.15) is 0 Å². The van der Waals surface area contributed by atoms with Crippen molar-refractivity contribution in [3.05, 3.63) is 0 Å². The molecule has 94 valence electrons. The van der Waals surface area contributed by atoms with Crippen molar-refractivity contribution >= 4 is 17.8 Å². The van der Waals surface area contributed by atoms with E-state index in [9.17, 15) is 14.4 Å². The van der Waals surface area contributed by atoms with Gasteiger partial charge in [0.25, 0.3) is 0 Å². The number of carbonyl (C=O) groups excluding carboxylic acids is 2. The lowest BCUT2D eigenvalue weighted by molar-refractivity contribution is -0.151. The van der Waals surface area contributed by atoms with E-state index in [4.69, 9.17) is 5.11 Å². The molecule has 2 rings (SSSR count). The van der Waals surface area contributed by atoms with Crippen molar-refractivity contribution < 1.29 is 19.5 Å². The van der Waals surface area contributed by atoms with Crippen LogP contribution in [0, 0.1) is 11.3 Å². The van der Waals surface area contributed by atoms with Crippen LogP contribution in [0.3, 0.4) is 0 Å². The van der Waals surface area contributed by atoms with Crippen LogP contribution < -0.4 is 5.32 Å². The zero-order valence-corrected chi connectivity index (χ0v) is 9.90. The van der Waals surface area contributed by atoms with Crippen molar-refractivity contribution in [1.29, 1.82) is 0 Å². The number of aliphatic carboxylic acids is 1. The largest absolute Gasteiger partial charge is 0.481 e. The normalized spacial score (nSPS) is 28.7. The van der Waals surface area contributed by atoms with Crippen molar-refractivity contribution in [2.45, 2.75) is 26.3 Å². The van der Waals surface area contributed by atoms with E-state index >= 15 is 0 Å². The standard InChI is InChI=1S/C11H16N2O4/c1-11(2,10(16)17)5-13-8(14)6-3-4-12-7(6)9(13)15/h6-7,12H,3-5H2,1-2H3,(H,16,17). The number of hydrogen-bond acceptors (Lipinski definition) is 4. The molecular weight excluding hydrogens is 224 g/mol. The van der Waals surface area contributed by atoms with Gasteiger partial charge in [-0.15, -0.1) is 0 Å². The van der Waals surface area contributed by atoms with E-state index in [1.165, 1.54) is 13.8 Å². The first-order valence-electron chi connectivity index (χ1n) is 5.66. The van der Waals surface area contributed by atoms with E-state index in [-0.39, 0.29) is 24.3 Å². The Kier molecular flexibility index (Phi) is 2.69. The van der Waals surface area contributed by atoms with Crippen LogP contribution in [0.25, 0.3) is 0 Å². The Labute approximate surface area is 99.0 Å². The third-order valence-electron chi connectivity index (χ3n) is 3.47. The summed E-state index contributed by atoms with van der Waals surface area (Å²) in [6, 6.07) is -0.438. The van der Waals surface area contributed by atoms with Gasteiger partial charge >= 0.3 is 5.97 Å². The molecule has 2 heterocycles. The number of hydrogen-bond donors (Lipinski definition) is 2. The molecule has 2 unspecified atom stereocenters. The van der Waals surface area contributed by atoms with Crippen molar-refractivity contribution in [3.8, 4) is 0 Å². The molecule has 6 nitrogen and oxygen atoms in total. The molecule has 0 aromatic heterocycles. The lowest BCUT2D eigenvalue weighted by Crippen LogP contribution is -2.44. The minimum atomic E-state index is -1.11. The summed E-state index contributed by atoms with van der Waals surface area (Å²) in [5.74, 6) is -1.83. The molecule has 2 aliphatic rings. The van der Waals surface area contributed by atoms with Gasteiger partial charge in [-0.05, 0) is 26.8 Å². The molecule has 0 saturated carbocycles. The number of fused-ring (bicyclic) bond motifs is 1. The van der Waals surface area contributed by atoms with E-state index in [2.05, 4.69) is 5.32 Å². The summed E-state index contributed by atoms with van der Waals surface area (Å²) in [6.45, 7) is 3.63. The van der Waals surface area contributed by atoms with E-state index in [0.717, 1.165) is 4.90 Å². The maximum Gasteiger partial charge on any atom is 0.310 e. The number of imide groups is 1. The summed E-state index contributed by atoms with van der Waals surface area (Å²) in [5.41, 5.74) is -1.11. The minimum absolute atomic E-state index is 0.0608. The lowest BCUT2D eigenvalue weighted by atomic mass is 9.93. The Bertz CT molecular complexity index is 369. The van der Waals surface area contributed by atoms with Gasteiger partial charge in [0, 0.05) is 6.54 Å². The lowest BCUT2D eigenvalue weighted by Gasteiger charge is -2.25. The van der Waals surface area contributed by atoms with Gasteiger partial charge in [0.05, 0.1) is 17.4 Å². The first kappa shape index (κ1) is 12.0. The zero-order valence-electron chi connectivity index (χ0n) is 9.90. The second kappa shape index (κ2) is 3.80. The number of rotatable bonds is 3. The van der Waals surface area contributed by atoms with Gasteiger partial charge in [-0.25, -0.2) is 0 Å². The summed E-state index contributed by atoms with van der Waals surface area (Å²) >= 11 is 0. The van der Waals surface area contributed by atoms with Gasteiger partial charge in [0.1, 0.15) is 0 Å². The highest BCUT2D eigenvalue weighted by Gasteiger charge is 2.51. The van der Waals surface area contributed by atoms with Gasteiger partial charge in [-0.3, -0.25) is 19.3 Å². The molecule has 0 aliphatic carbocycles. The first-order chi connectivity index (χ1) is 7.84. The molecule has 2 fully saturated rings. The Balaban J connectivity index is 2.16. The summed E-state index contributed by atoms with van der Waals surface area (Å²) in [7, 11) is 0. The third kappa shape index (κ3) is 1.82. The minimum Gasteiger partial charge on any atom is -0.481 e. The van der Waals surface area contributed by atoms with Crippen LogP contribution in [0.15, 0.2) is 0 Å². The predicted octanol–water partition coefficient (Wildman–Crippen LogP) is -0.556. The average molecular weight is 240 g/mol. The van der Waals surface area contributed by atoms with Crippen LogP contribution >= 0.6 is 0 Å². The highest BCUT2D eigenvalue weighted by Crippen LogP contribution is 2.30. The van der Waals surface area contributed by atoms with Gasteiger partial charge < -0.3 is 10.4 Å². The topological polar surface area (TPSA) is 86.7 Å². The number of nitrogens with one attached hydrogen (secondary N) is 1. The first-order valence-corrected chi connectivity index (χ1v) is 5.66. The fraction of sp³-hybridized carbons (Fsp3) is 0.727. The second-order valence-corrected chi connectivity index (χ2v) is 5.28. The molecule has 0 radical (unpaired) electrons. The Morgan fingerprint density at radius 3 is 2.65 bits per heavy atom. The summed E-state index contributed by atoms with van der Waals surface area (Å²) in [4.78, 5) is 36.0.